The van der Waals surface area contributed by atoms with Crippen molar-refractivity contribution in [1.82, 2.24) is 25.7 Å². The molecule has 0 saturated heterocycles. The maximum atomic E-state index is 13.1. The van der Waals surface area contributed by atoms with E-state index in [9.17, 15) is 29.1 Å². The molecule has 3 amide bonds. The van der Waals surface area contributed by atoms with Crippen molar-refractivity contribution in [2.24, 2.45) is 5.92 Å². The van der Waals surface area contributed by atoms with Gasteiger partial charge in [-0.1, -0.05) is 55.8 Å². The smallest absolute Gasteiger partial charge is 0.335 e. The molecule has 0 aliphatic carbocycles. The minimum atomic E-state index is -1.42. The molecule has 1 heterocycles. The van der Waals surface area contributed by atoms with Gasteiger partial charge < -0.3 is 25.4 Å². The molecule has 3 aromatic rings. The van der Waals surface area contributed by atoms with Gasteiger partial charge in [-0.25, -0.2) is 20.1 Å². The predicted octanol–water partition coefficient (Wildman–Crippen LogP) is 2.03. The number of hydroxylamine groups is 1. The fraction of sp³-hybridized carbons (Fsp3) is 0.333. The van der Waals surface area contributed by atoms with Gasteiger partial charge in [0, 0.05) is 19.5 Å². The molecule has 228 valence electrons. The van der Waals surface area contributed by atoms with Gasteiger partial charge >= 0.3 is 11.9 Å². The van der Waals surface area contributed by atoms with E-state index in [0.29, 0.717) is 17.8 Å². The molecule has 2 aromatic carbocycles. The number of carboxylic acids is 2. The number of benzene rings is 2. The highest BCUT2D eigenvalue weighted by Crippen LogP contribution is 2.15. The SMILES string of the molecule is CCCCc1ncc(C(=O)NCC[C@H](NC(=O)C(Cc2ccccc2)C(=O)NO)C(=O)O)n1Cc1ccc(C(=O)O)cc1. The topological polar surface area (TPSA) is 200 Å². The summed E-state index contributed by atoms with van der Waals surface area (Å²) in [5.74, 6) is -5.49. The highest BCUT2D eigenvalue weighted by atomic mass is 16.5. The number of carboxylic acid groups (broad SMARTS) is 2. The van der Waals surface area contributed by atoms with Crippen LogP contribution in [0.1, 0.15) is 64.0 Å². The van der Waals surface area contributed by atoms with Crippen molar-refractivity contribution in [3.8, 4) is 0 Å². The van der Waals surface area contributed by atoms with E-state index >= 15 is 0 Å². The highest BCUT2D eigenvalue weighted by molar-refractivity contribution is 6.01. The number of unbranched alkanes of at least 4 members (excludes halogenated alkanes) is 1. The second kappa shape index (κ2) is 15.8. The van der Waals surface area contributed by atoms with Gasteiger partial charge in [0.2, 0.25) is 5.91 Å². The van der Waals surface area contributed by atoms with Crippen LogP contribution in [0.5, 0.6) is 0 Å². The van der Waals surface area contributed by atoms with Gasteiger partial charge in [-0.3, -0.25) is 19.6 Å². The molecule has 0 saturated carbocycles. The number of hydrogen-bond donors (Lipinski definition) is 6. The van der Waals surface area contributed by atoms with E-state index < -0.39 is 41.6 Å². The van der Waals surface area contributed by atoms with Crippen LogP contribution in [0.3, 0.4) is 0 Å². The van der Waals surface area contributed by atoms with Crippen LogP contribution in [0.15, 0.2) is 60.8 Å². The van der Waals surface area contributed by atoms with Crippen LogP contribution in [-0.4, -0.2) is 67.2 Å². The summed E-state index contributed by atoms with van der Waals surface area (Å²) in [6, 6.07) is 13.5. The number of carbonyl (C=O) groups excluding carboxylic acids is 3. The molecule has 3 rings (SSSR count). The first kappa shape index (κ1) is 32.5. The minimum absolute atomic E-state index is 0.0640. The van der Waals surface area contributed by atoms with Crippen molar-refractivity contribution in [1.29, 1.82) is 0 Å². The molecule has 0 aliphatic heterocycles. The molecular formula is C30H35N5O8. The summed E-state index contributed by atoms with van der Waals surface area (Å²) in [6.07, 6.45) is 3.57. The molecule has 13 heteroatoms. The van der Waals surface area contributed by atoms with Crippen LogP contribution < -0.4 is 16.1 Å². The first-order valence-electron chi connectivity index (χ1n) is 13.8. The number of amides is 3. The summed E-state index contributed by atoms with van der Waals surface area (Å²) < 4.78 is 1.74. The molecule has 43 heavy (non-hydrogen) atoms. The number of hydrogen-bond acceptors (Lipinski definition) is 7. The Bertz CT molecular complexity index is 1420. The number of rotatable bonds is 16. The Kier molecular flexibility index (Phi) is 11.9. The van der Waals surface area contributed by atoms with Gasteiger partial charge in [0.25, 0.3) is 11.8 Å². The Morgan fingerprint density at radius 2 is 1.63 bits per heavy atom. The van der Waals surface area contributed by atoms with E-state index in [1.165, 1.54) is 23.8 Å². The second-order valence-electron chi connectivity index (χ2n) is 9.91. The monoisotopic (exact) mass is 593 g/mol. The van der Waals surface area contributed by atoms with Gasteiger partial charge in [-0.05, 0) is 42.5 Å². The van der Waals surface area contributed by atoms with E-state index in [4.69, 9.17) is 10.3 Å². The minimum Gasteiger partial charge on any atom is -0.480 e. The van der Waals surface area contributed by atoms with Crippen LogP contribution in [0.2, 0.25) is 0 Å². The highest BCUT2D eigenvalue weighted by Gasteiger charge is 2.30. The zero-order valence-electron chi connectivity index (χ0n) is 23.7. The van der Waals surface area contributed by atoms with E-state index in [0.717, 1.165) is 18.4 Å². The summed E-state index contributed by atoms with van der Waals surface area (Å²) in [7, 11) is 0. The lowest BCUT2D eigenvalue weighted by atomic mass is 9.97. The molecule has 1 unspecified atom stereocenters. The summed E-state index contributed by atoms with van der Waals surface area (Å²) >= 11 is 0. The van der Waals surface area contributed by atoms with Gasteiger partial charge in [0.05, 0.1) is 11.8 Å². The number of aliphatic carboxylic acids is 1. The Labute approximate surface area is 247 Å². The first-order chi connectivity index (χ1) is 20.6. The Morgan fingerprint density at radius 1 is 0.930 bits per heavy atom. The first-order valence-corrected chi connectivity index (χ1v) is 13.8. The van der Waals surface area contributed by atoms with Crippen molar-refractivity contribution in [2.75, 3.05) is 6.54 Å². The van der Waals surface area contributed by atoms with E-state index in [1.54, 1.807) is 47.0 Å². The van der Waals surface area contributed by atoms with E-state index in [2.05, 4.69) is 15.6 Å². The predicted molar refractivity (Wildman–Crippen MR) is 153 cm³/mol. The summed E-state index contributed by atoms with van der Waals surface area (Å²) in [5.41, 5.74) is 3.24. The second-order valence-corrected chi connectivity index (χ2v) is 9.91. The number of nitrogens with one attached hydrogen (secondary N) is 3. The molecule has 1 aromatic heterocycles. The molecule has 0 spiro atoms. The number of aromatic nitrogens is 2. The zero-order chi connectivity index (χ0) is 31.4. The van der Waals surface area contributed by atoms with Crippen LogP contribution in [0.4, 0.5) is 0 Å². The Morgan fingerprint density at radius 3 is 2.23 bits per heavy atom. The van der Waals surface area contributed by atoms with Crippen LogP contribution in [0.25, 0.3) is 0 Å². The maximum absolute atomic E-state index is 13.1. The standard InChI is InChI=1S/C30H35N5O8/c1-2-3-9-25-32-17-24(35(25)18-20-10-12-21(13-11-20)29(39)40)28(38)31-15-14-23(30(41)42)33-26(36)22(27(37)34-43)16-19-7-5-4-6-8-19/h4-8,10-13,17,22-23,43H,2-3,9,14-16,18H2,1H3,(H,31,38)(H,33,36)(H,34,37)(H,39,40)(H,41,42)/t22?,23-/m0/s1. The van der Waals surface area contributed by atoms with Gasteiger partial charge in [-0.2, -0.15) is 0 Å². The molecule has 0 fully saturated rings. The van der Waals surface area contributed by atoms with Gasteiger partial charge in [0.15, 0.2) is 0 Å². The van der Waals surface area contributed by atoms with Crippen LogP contribution >= 0.6 is 0 Å². The summed E-state index contributed by atoms with van der Waals surface area (Å²) in [4.78, 5) is 65.7. The fourth-order valence-corrected chi connectivity index (χ4v) is 4.42. The molecule has 0 radical (unpaired) electrons. The number of carbonyl (C=O) groups is 5. The summed E-state index contributed by atoms with van der Waals surface area (Å²) in [5, 5.41) is 33.0. The van der Waals surface area contributed by atoms with Crippen molar-refractivity contribution >= 4 is 29.7 Å². The lowest BCUT2D eigenvalue weighted by molar-refractivity contribution is -0.146. The third-order valence-electron chi connectivity index (χ3n) is 6.83. The van der Waals surface area contributed by atoms with Crippen LogP contribution in [0, 0.1) is 5.92 Å². The van der Waals surface area contributed by atoms with Crippen LogP contribution in [-0.2, 0) is 33.8 Å². The molecule has 13 nitrogen and oxygen atoms in total. The molecule has 0 bridgehead atoms. The third kappa shape index (κ3) is 9.23. The average molecular weight is 594 g/mol. The molecule has 6 N–H and O–H groups in total. The van der Waals surface area contributed by atoms with E-state index in [-0.39, 0.29) is 37.2 Å². The van der Waals surface area contributed by atoms with E-state index in [1.807, 2.05) is 6.92 Å². The number of nitrogens with zero attached hydrogens (tertiary/aromatic N) is 2. The Hall–Kier alpha value is -5.04. The van der Waals surface area contributed by atoms with Crippen molar-refractivity contribution in [3.63, 3.8) is 0 Å². The van der Waals surface area contributed by atoms with Crippen molar-refractivity contribution in [2.45, 2.75) is 51.6 Å². The zero-order valence-corrected chi connectivity index (χ0v) is 23.7. The average Bonchev–Trinajstić information content (AvgIpc) is 3.40. The molecular weight excluding hydrogens is 558 g/mol. The lowest BCUT2D eigenvalue weighted by Crippen LogP contribution is -2.49. The number of aryl methyl sites for hydroxylation is 1. The lowest BCUT2D eigenvalue weighted by Gasteiger charge is -2.19. The molecule has 0 aliphatic rings. The van der Waals surface area contributed by atoms with Crippen molar-refractivity contribution in [3.05, 3.63) is 89.0 Å². The third-order valence-corrected chi connectivity index (χ3v) is 6.83. The van der Waals surface area contributed by atoms with Gasteiger partial charge in [0.1, 0.15) is 23.5 Å². The number of aromatic carboxylic acids is 1. The van der Waals surface area contributed by atoms with Crippen molar-refractivity contribution < 1.29 is 39.4 Å². The largest absolute Gasteiger partial charge is 0.480 e. The fourth-order valence-electron chi connectivity index (χ4n) is 4.42. The Balaban J connectivity index is 1.68. The maximum Gasteiger partial charge on any atom is 0.335 e. The van der Waals surface area contributed by atoms with Gasteiger partial charge in [-0.15, -0.1) is 0 Å². The molecule has 2 atom stereocenters. The summed E-state index contributed by atoms with van der Waals surface area (Å²) in [6.45, 7) is 2.18. The quantitative estimate of drug-likeness (QED) is 0.0817. The number of imidazole rings is 1. The normalized spacial score (nSPS) is 12.1.